The van der Waals surface area contributed by atoms with Crippen LogP contribution in [0.25, 0.3) is 0 Å². The van der Waals surface area contributed by atoms with Gasteiger partial charge in [-0.3, -0.25) is 9.59 Å². The van der Waals surface area contributed by atoms with E-state index in [9.17, 15) is 14.0 Å². The van der Waals surface area contributed by atoms with Crippen LogP contribution < -0.4 is 5.32 Å². The number of nitrogens with one attached hydrogen (secondary N) is 1. The second kappa shape index (κ2) is 8.38. The van der Waals surface area contributed by atoms with Gasteiger partial charge in [0, 0.05) is 23.2 Å². The predicted octanol–water partition coefficient (Wildman–Crippen LogP) is 5.12. The summed E-state index contributed by atoms with van der Waals surface area (Å²) in [5, 5.41) is 3.46. The first kappa shape index (κ1) is 20.9. The number of hydrogen-bond acceptors (Lipinski definition) is 2. The number of carbonyl (C=O) groups is 2. The summed E-state index contributed by atoms with van der Waals surface area (Å²) in [7, 11) is 0. The average molecular weight is 429 g/mol. The molecule has 158 valence electrons. The Morgan fingerprint density at radius 2 is 1.97 bits per heavy atom. The number of carbonyl (C=O) groups excluding carboxylic acids is 2. The van der Waals surface area contributed by atoms with Gasteiger partial charge in [0.15, 0.2) is 0 Å². The van der Waals surface area contributed by atoms with Crippen LogP contribution in [0.3, 0.4) is 0 Å². The molecule has 2 amide bonds. The van der Waals surface area contributed by atoms with Crippen LogP contribution in [0.4, 0.5) is 4.39 Å². The summed E-state index contributed by atoms with van der Waals surface area (Å²) in [6, 6.07) is 10.7. The van der Waals surface area contributed by atoms with Crippen molar-refractivity contribution in [1.82, 2.24) is 10.2 Å². The van der Waals surface area contributed by atoms with Crippen LogP contribution in [0.5, 0.6) is 0 Å². The Morgan fingerprint density at radius 3 is 2.73 bits per heavy atom. The molecule has 1 aliphatic carbocycles. The molecule has 4 nitrogen and oxygen atoms in total. The molecule has 2 aromatic rings. The fourth-order valence-electron chi connectivity index (χ4n) is 4.70. The molecule has 0 bridgehead atoms. The van der Waals surface area contributed by atoms with Gasteiger partial charge >= 0.3 is 0 Å². The second-order valence-corrected chi connectivity index (χ2v) is 8.95. The fraction of sp³-hybridized carbons (Fsp3) is 0.417. The van der Waals surface area contributed by atoms with E-state index in [1.165, 1.54) is 23.5 Å². The van der Waals surface area contributed by atoms with Crippen molar-refractivity contribution in [1.29, 1.82) is 0 Å². The quantitative estimate of drug-likeness (QED) is 0.735. The lowest BCUT2D eigenvalue weighted by Gasteiger charge is -2.36. The van der Waals surface area contributed by atoms with Crippen molar-refractivity contribution < 1.29 is 14.0 Å². The minimum absolute atomic E-state index is 0.0976. The number of nitrogens with zero attached hydrogens (tertiary/aromatic N) is 1. The smallest absolute Gasteiger partial charge is 0.255 e. The average Bonchev–Trinajstić information content (AvgIpc) is 3.00. The summed E-state index contributed by atoms with van der Waals surface area (Å²) in [5.41, 5.74) is 1.84. The Kier molecular flexibility index (Phi) is 5.83. The van der Waals surface area contributed by atoms with Crippen molar-refractivity contribution in [3.8, 4) is 0 Å². The molecule has 0 saturated heterocycles. The van der Waals surface area contributed by atoms with Gasteiger partial charge in [-0.15, -0.1) is 0 Å². The van der Waals surface area contributed by atoms with Crippen LogP contribution in [-0.4, -0.2) is 22.8 Å². The molecule has 30 heavy (non-hydrogen) atoms. The number of amides is 2. The predicted molar refractivity (Wildman–Crippen MR) is 115 cm³/mol. The van der Waals surface area contributed by atoms with E-state index in [-0.39, 0.29) is 29.4 Å². The van der Waals surface area contributed by atoms with Gasteiger partial charge in [-0.1, -0.05) is 62.6 Å². The molecule has 4 unspecified atom stereocenters. The molecule has 4 atom stereocenters. The summed E-state index contributed by atoms with van der Waals surface area (Å²) in [6.45, 7) is 4.54. The summed E-state index contributed by atoms with van der Waals surface area (Å²) in [5.74, 6) is 0.119. The van der Waals surface area contributed by atoms with E-state index in [1.54, 1.807) is 18.2 Å². The van der Waals surface area contributed by atoms with Gasteiger partial charge in [0.1, 0.15) is 11.9 Å². The Hall–Kier alpha value is -2.40. The molecule has 0 aromatic heterocycles. The minimum atomic E-state index is -0.723. The molecule has 1 N–H and O–H groups in total. The van der Waals surface area contributed by atoms with E-state index in [0.29, 0.717) is 28.5 Å². The highest BCUT2D eigenvalue weighted by atomic mass is 35.5. The first-order valence-corrected chi connectivity index (χ1v) is 10.9. The summed E-state index contributed by atoms with van der Waals surface area (Å²) < 4.78 is 13.5. The molecule has 1 saturated carbocycles. The number of rotatable bonds is 4. The molecular formula is C24H26ClFN2O2. The zero-order valence-corrected chi connectivity index (χ0v) is 18.0. The van der Waals surface area contributed by atoms with Gasteiger partial charge in [-0.25, -0.2) is 4.39 Å². The van der Waals surface area contributed by atoms with Crippen LogP contribution in [0.2, 0.25) is 5.02 Å². The molecule has 2 aromatic carbocycles. The standard InChI is InChI=1S/C24H26ClFN2O2/c1-14-6-5-9-21(15(14)2)27-23(29)22-18-7-3-4-8-19(18)24(30)28(22)13-16-10-11-17(26)12-20(16)25/h3-4,7-8,10-12,14-15,21-22H,5-6,9,13H2,1-2H3,(H,27,29). The van der Waals surface area contributed by atoms with Gasteiger partial charge in [0.05, 0.1) is 0 Å². The lowest BCUT2D eigenvalue weighted by atomic mass is 9.78. The number of halogens is 2. The Labute approximate surface area is 181 Å². The second-order valence-electron chi connectivity index (χ2n) is 8.54. The third-order valence-electron chi connectivity index (χ3n) is 6.70. The van der Waals surface area contributed by atoms with E-state index in [4.69, 9.17) is 11.6 Å². The van der Waals surface area contributed by atoms with Crippen molar-refractivity contribution in [3.05, 3.63) is 70.0 Å². The highest BCUT2D eigenvalue weighted by Crippen LogP contribution is 2.37. The Morgan fingerprint density at radius 1 is 1.20 bits per heavy atom. The van der Waals surface area contributed by atoms with E-state index in [1.807, 2.05) is 12.1 Å². The van der Waals surface area contributed by atoms with Crippen LogP contribution >= 0.6 is 11.6 Å². The van der Waals surface area contributed by atoms with Gasteiger partial charge in [0.25, 0.3) is 5.91 Å². The van der Waals surface area contributed by atoms with E-state index >= 15 is 0 Å². The number of benzene rings is 2. The third-order valence-corrected chi connectivity index (χ3v) is 7.05. The number of hydrogen-bond donors (Lipinski definition) is 1. The van der Waals surface area contributed by atoms with Crippen LogP contribution in [-0.2, 0) is 11.3 Å². The number of fused-ring (bicyclic) bond motifs is 1. The molecule has 4 rings (SSSR count). The molecule has 0 spiro atoms. The highest BCUT2D eigenvalue weighted by molar-refractivity contribution is 6.31. The molecule has 2 aliphatic rings. The van der Waals surface area contributed by atoms with Crippen molar-refractivity contribution in [2.45, 2.75) is 51.7 Å². The van der Waals surface area contributed by atoms with Gasteiger partial charge in [-0.2, -0.15) is 0 Å². The topological polar surface area (TPSA) is 49.4 Å². The molecule has 1 fully saturated rings. The summed E-state index contributed by atoms with van der Waals surface area (Å²) in [6.07, 6.45) is 3.21. The lowest BCUT2D eigenvalue weighted by Crippen LogP contribution is -2.48. The molecule has 0 radical (unpaired) electrons. The van der Waals surface area contributed by atoms with Gasteiger partial charge < -0.3 is 10.2 Å². The summed E-state index contributed by atoms with van der Waals surface area (Å²) in [4.78, 5) is 28.1. The van der Waals surface area contributed by atoms with Crippen LogP contribution in [0, 0.1) is 17.7 Å². The maximum Gasteiger partial charge on any atom is 0.255 e. The lowest BCUT2D eigenvalue weighted by molar-refractivity contribution is -0.127. The summed E-state index contributed by atoms with van der Waals surface area (Å²) >= 11 is 6.21. The molecule has 1 aliphatic heterocycles. The van der Waals surface area contributed by atoms with Crippen molar-refractivity contribution in [3.63, 3.8) is 0 Å². The Bertz CT molecular complexity index is 979. The highest BCUT2D eigenvalue weighted by Gasteiger charge is 2.42. The first-order valence-electron chi connectivity index (χ1n) is 10.5. The van der Waals surface area contributed by atoms with Gasteiger partial charge in [-0.05, 0) is 47.6 Å². The maximum atomic E-state index is 13.5. The maximum absolute atomic E-state index is 13.5. The minimum Gasteiger partial charge on any atom is -0.351 e. The largest absolute Gasteiger partial charge is 0.351 e. The van der Waals surface area contributed by atoms with Crippen molar-refractivity contribution in [2.75, 3.05) is 0 Å². The van der Waals surface area contributed by atoms with Crippen LogP contribution in [0.15, 0.2) is 42.5 Å². The SMILES string of the molecule is CC1CCCC(NC(=O)C2c3ccccc3C(=O)N2Cc2ccc(F)cc2Cl)C1C. The molecular weight excluding hydrogens is 403 g/mol. The normalized spacial score (nSPS) is 25.9. The zero-order chi connectivity index (χ0) is 21.4. The van der Waals surface area contributed by atoms with E-state index in [2.05, 4.69) is 19.2 Å². The van der Waals surface area contributed by atoms with Crippen molar-refractivity contribution >= 4 is 23.4 Å². The van der Waals surface area contributed by atoms with Gasteiger partial charge in [0.2, 0.25) is 5.91 Å². The van der Waals surface area contributed by atoms with Crippen molar-refractivity contribution in [2.24, 2.45) is 11.8 Å². The first-order chi connectivity index (χ1) is 14.4. The van der Waals surface area contributed by atoms with E-state index < -0.39 is 11.9 Å². The van der Waals surface area contributed by atoms with E-state index in [0.717, 1.165) is 12.8 Å². The van der Waals surface area contributed by atoms with Crippen LogP contribution in [0.1, 0.15) is 60.6 Å². The molecule has 1 heterocycles. The molecule has 6 heteroatoms. The third kappa shape index (κ3) is 3.83. The zero-order valence-electron chi connectivity index (χ0n) is 17.2. The monoisotopic (exact) mass is 428 g/mol. The Balaban J connectivity index is 1.63. The fourth-order valence-corrected chi connectivity index (χ4v) is 4.92.